The first-order chi connectivity index (χ1) is 7.70. The number of carbonyl (C=O) groups excluding carboxylic acids is 1. The molecule has 0 radical (unpaired) electrons. The number of ether oxygens (including phenoxy) is 1. The molecule has 0 spiro atoms. The maximum atomic E-state index is 11.5. The van der Waals surface area contributed by atoms with Crippen LogP contribution in [-0.4, -0.2) is 40.3 Å². The second kappa shape index (κ2) is 4.65. The van der Waals surface area contributed by atoms with Gasteiger partial charge < -0.3 is 4.74 Å². The van der Waals surface area contributed by atoms with Gasteiger partial charge in [0.1, 0.15) is 6.04 Å². The highest BCUT2D eigenvalue weighted by Gasteiger charge is 2.31. The van der Waals surface area contributed by atoms with E-state index in [1.165, 1.54) is 7.11 Å². The van der Waals surface area contributed by atoms with Crippen molar-refractivity contribution in [3.8, 4) is 0 Å². The van der Waals surface area contributed by atoms with Gasteiger partial charge in [-0.2, -0.15) is 5.10 Å². The van der Waals surface area contributed by atoms with Gasteiger partial charge in [-0.3, -0.25) is 14.4 Å². The van der Waals surface area contributed by atoms with E-state index >= 15 is 0 Å². The van der Waals surface area contributed by atoms with Crippen LogP contribution in [0.3, 0.4) is 0 Å². The van der Waals surface area contributed by atoms with Crippen molar-refractivity contribution in [2.45, 2.75) is 25.4 Å². The molecule has 0 aromatic carbocycles. The summed E-state index contributed by atoms with van der Waals surface area (Å²) in [6.07, 6.45) is 3.85. The summed E-state index contributed by atoms with van der Waals surface area (Å²) in [5.74, 6) is -0.131. The molecule has 1 atom stereocenters. The summed E-state index contributed by atoms with van der Waals surface area (Å²) in [6.45, 7) is 1.66. The van der Waals surface area contributed by atoms with Crippen molar-refractivity contribution in [3.05, 3.63) is 18.0 Å². The number of esters is 1. The molecule has 0 aliphatic carbocycles. The highest BCUT2D eigenvalue weighted by Crippen LogP contribution is 2.20. The van der Waals surface area contributed by atoms with E-state index in [-0.39, 0.29) is 12.0 Å². The van der Waals surface area contributed by atoms with E-state index in [9.17, 15) is 4.79 Å². The summed E-state index contributed by atoms with van der Waals surface area (Å²) in [6, 6.07) is 1.89. The lowest BCUT2D eigenvalue weighted by Gasteiger charge is -2.20. The molecule has 2 rings (SSSR count). The third kappa shape index (κ3) is 2.24. The SMILES string of the molecule is COC(=O)C1CCCN1Cc1ccn(C)n1. The van der Waals surface area contributed by atoms with Crippen LogP contribution in [0.25, 0.3) is 0 Å². The molecule has 1 aliphatic rings. The molecule has 5 heteroatoms. The number of hydrogen-bond donors (Lipinski definition) is 0. The van der Waals surface area contributed by atoms with Crippen molar-refractivity contribution in [3.63, 3.8) is 0 Å². The minimum atomic E-state index is -0.131. The lowest BCUT2D eigenvalue weighted by molar-refractivity contribution is -0.146. The van der Waals surface area contributed by atoms with Crippen LogP contribution in [-0.2, 0) is 23.1 Å². The van der Waals surface area contributed by atoms with Crippen LogP contribution < -0.4 is 0 Å². The lowest BCUT2D eigenvalue weighted by Crippen LogP contribution is -2.36. The second-order valence-corrected chi connectivity index (χ2v) is 4.13. The third-order valence-corrected chi connectivity index (χ3v) is 2.97. The normalized spacial score (nSPS) is 21.2. The summed E-state index contributed by atoms with van der Waals surface area (Å²) in [7, 11) is 3.34. The van der Waals surface area contributed by atoms with Crippen molar-refractivity contribution in [1.29, 1.82) is 0 Å². The van der Waals surface area contributed by atoms with Gasteiger partial charge in [-0.25, -0.2) is 0 Å². The fourth-order valence-electron chi connectivity index (χ4n) is 2.17. The molecule has 2 heterocycles. The average molecular weight is 223 g/mol. The van der Waals surface area contributed by atoms with E-state index in [2.05, 4.69) is 10.00 Å². The predicted molar refractivity (Wildman–Crippen MR) is 58.7 cm³/mol. The Morgan fingerprint density at radius 2 is 2.50 bits per heavy atom. The number of rotatable bonds is 3. The van der Waals surface area contributed by atoms with Crippen LogP contribution in [0.2, 0.25) is 0 Å². The van der Waals surface area contributed by atoms with E-state index in [1.54, 1.807) is 4.68 Å². The number of aryl methyl sites for hydroxylation is 1. The molecule has 1 fully saturated rings. The van der Waals surface area contributed by atoms with Gasteiger partial charge in [0.05, 0.1) is 12.8 Å². The maximum absolute atomic E-state index is 11.5. The van der Waals surface area contributed by atoms with Crippen molar-refractivity contribution >= 4 is 5.97 Å². The molecule has 0 amide bonds. The monoisotopic (exact) mass is 223 g/mol. The largest absolute Gasteiger partial charge is 0.468 e. The minimum absolute atomic E-state index is 0.0907. The fraction of sp³-hybridized carbons (Fsp3) is 0.636. The smallest absolute Gasteiger partial charge is 0.323 e. The van der Waals surface area contributed by atoms with Crippen molar-refractivity contribution < 1.29 is 9.53 Å². The fourth-order valence-corrected chi connectivity index (χ4v) is 2.17. The summed E-state index contributed by atoms with van der Waals surface area (Å²) in [5.41, 5.74) is 0.998. The average Bonchev–Trinajstić information content (AvgIpc) is 2.87. The van der Waals surface area contributed by atoms with Gasteiger partial charge in [0.15, 0.2) is 0 Å². The van der Waals surface area contributed by atoms with Crippen LogP contribution in [0.1, 0.15) is 18.5 Å². The van der Waals surface area contributed by atoms with Gasteiger partial charge >= 0.3 is 5.97 Å². The van der Waals surface area contributed by atoms with E-state index in [0.29, 0.717) is 0 Å². The first kappa shape index (κ1) is 11.1. The predicted octanol–water partition coefficient (Wildman–Crippen LogP) is 0.557. The molecule has 88 valence electrons. The first-order valence-corrected chi connectivity index (χ1v) is 5.51. The molecule has 16 heavy (non-hydrogen) atoms. The van der Waals surface area contributed by atoms with E-state index in [4.69, 9.17) is 4.74 Å². The Hall–Kier alpha value is -1.36. The van der Waals surface area contributed by atoms with Gasteiger partial charge in [0, 0.05) is 19.8 Å². The molecule has 1 aliphatic heterocycles. The van der Waals surface area contributed by atoms with Gasteiger partial charge in [-0.05, 0) is 25.5 Å². The highest BCUT2D eigenvalue weighted by molar-refractivity contribution is 5.75. The maximum Gasteiger partial charge on any atom is 0.323 e. The number of hydrogen-bond acceptors (Lipinski definition) is 4. The number of likely N-dealkylation sites (tertiary alicyclic amines) is 1. The molecule has 5 nitrogen and oxygen atoms in total. The number of aromatic nitrogens is 2. The summed E-state index contributed by atoms with van der Waals surface area (Å²) < 4.78 is 6.58. The Kier molecular flexibility index (Phi) is 3.24. The zero-order valence-electron chi connectivity index (χ0n) is 9.72. The van der Waals surface area contributed by atoms with Gasteiger partial charge in [0.2, 0.25) is 0 Å². The first-order valence-electron chi connectivity index (χ1n) is 5.51. The van der Waals surface area contributed by atoms with Crippen molar-refractivity contribution in [2.75, 3.05) is 13.7 Å². The number of carbonyl (C=O) groups is 1. The molecule has 1 saturated heterocycles. The Bertz CT molecular complexity index is 375. The highest BCUT2D eigenvalue weighted by atomic mass is 16.5. The van der Waals surface area contributed by atoms with Crippen LogP contribution in [0, 0.1) is 0 Å². The van der Waals surface area contributed by atoms with Crippen LogP contribution >= 0.6 is 0 Å². The molecule has 0 bridgehead atoms. The van der Waals surface area contributed by atoms with E-state index in [1.807, 2.05) is 19.3 Å². The van der Waals surface area contributed by atoms with Gasteiger partial charge in [-0.15, -0.1) is 0 Å². The van der Waals surface area contributed by atoms with Gasteiger partial charge in [0.25, 0.3) is 0 Å². The van der Waals surface area contributed by atoms with E-state index in [0.717, 1.165) is 31.6 Å². The quantitative estimate of drug-likeness (QED) is 0.702. The molecule has 1 unspecified atom stereocenters. The molecule has 0 N–H and O–H groups in total. The lowest BCUT2D eigenvalue weighted by atomic mass is 10.2. The molecule has 0 saturated carbocycles. The zero-order valence-corrected chi connectivity index (χ0v) is 9.72. The Balaban J connectivity index is 2.01. The van der Waals surface area contributed by atoms with Crippen LogP contribution in [0.15, 0.2) is 12.3 Å². The topological polar surface area (TPSA) is 47.4 Å². The summed E-state index contributed by atoms with van der Waals surface area (Å²) in [5, 5.41) is 4.32. The minimum Gasteiger partial charge on any atom is -0.468 e. The third-order valence-electron chi connectivity index (χ3n) is 2.97. The Labute approximate surface area is 95.0 Å². The standard InChI is InChI=1S/C11H17N3O2/c1-13-7-5-9(12-13)8-14-6-3-4-10(14)11(15)16-2/h5,7,10H,3-4,6,8H2,1-2H3. The van der Waals surface area contributed by atoms with Gasteiger partial charge in [-0.1, -0.05) is 0 Å². The number of nitrogens with zero attached hydrogens (tertiary/aromatic N) is 3. The molecule has 1 aromatic heterocycles. The number of methoxy groups -OCH3 is 1. The summed E-state index contributed by atoms with van der Waals surface area (Å²) >= 11 is 0. The summed E-state index contributed by atoms with van der Waals surface area (Å²) in [4.78, 5) is 13.7. The Morgan fingerprint density at radius 3 is 3.12 bits per heavy atom. The van der Waals surface area contributed by atoms with Crippen LogP contribution in [0.4, 0.5) is 0 Å². The molecule has 1 aromatic rings. The van der Waals surface area contributed by atoms with Crippen molar-refractivity contribution in [1.82, 2.24) is 14.7 Å². The molecular weight excluding hydrogens is 206 g/mol. The Morgan fingerprint density at radius 1 is 1.69 bits per heavy atom. The van der Waals surface area contributed by atoms with Crippen molar-refractivity contribution in [2.24, 2.45) is 7.05 Å². The zero-order chi connectivity index (χ0) is 11.5. The second-order valence-electron chi connectivity index (χ2n) is 4.13. The van der Waals surface area contributed by atoms with E-state index < -0.39 is 0 Å². The molecular formula is C11H17N3O2. The van der Waals surface area contributed by atoms with Crippen LogP contribution in [0.5, 0.6) is 0 Å².